The fraction of sp³-hybridized carbons (Fsp3) is 0.250. The van der Waals surface area contributed by atoms with E-state index in [9.17, 15) is 4.79 Å². The number of nitrogens with zero attached hydrogens (tertiary/aromatic N) is 2. The van der Waals surface area contributed by atoms with Gasteiger partial charge in [0.25, 0.3) is 0 Å². The first-order valence-electron chi connectivity index (χ1n) is 5.38. The first-order valence-corrected chi connectivity index (χ1v) is 7.25. The number of aromatic nitrogens is 2. The van der Waals surface area contributed by atoms with Crippen LogP contribution in [-0.2, 0) is 0 Å². The van der Waals surface area contributed by atoms with Crippen LogP contribution in [0.25, 0.3) is 0 Å². The Morgan fingerprint density at radius 2 is 2.21 bits per heavy atom. The van der Waals surface area contributed by atoms with Gasteiger partial charge >= 0.3 is 0 Å². The zero-order chi connectivity index (χ0) is 13.7. The summed E-state index contributed by atoms with van der Waals surface area (Å²) >= 11 is 2.78. The number of benzene rings is 1. The number of hydrogen-bond acceptors (Lipinski definition) is 7. The van der Waals surface area contributed by atoms with E-state index in [-0.39, 0.29) is 5.78 Å². The molecule has 2 aromatic rings. The van der Waals surface area contributed by atoms with Gasteiger partial charge < -0.3 is 9.47 Å². The Kier molecular flexibility index (Phi) is 4.75. The molecule has 0 fully saturated rings. The van der Waals surface area contributed by atoms with E-state index in [1.165, 1.54) is 30.2 Å². The molecular formula is C12H12N2O3S2. The summed E-state index contributed by atoms with van der Waals surface area (Å²) in [6.07, 6.45) is 0. The number of Topliss-reactive ketones (excluding diaryl/α,β-unsaturated/α-hetero) is 1. The molecule has 0 aliphatic heterocycles. The number of carbonyl (C=O) groups is 1. The summed E-state index contributed by atoms with van der Waals surface area (Å²) < 4.78 is 11.1. The third kappa shape index (κ3) is 3.45. The van der Waals surface area contributed by atoms with E-state index in [0.717, 1.165) is 4.34 Å². The maximum absolute atomic E-state index is 12.1. The fourth-order valence-corrected chi connectivity index (χ4v) is 2.83. The molecule has 2 rings (SSSR count). The molecule has 0 aliphatic carbocycles. The first-order chi connectivity index (χ1) is 9.24. The molecule has 100 valence electrons. The van der Waals surface area contributed by atoms with Gasteiger partial charge in [0.15, 0.2) is 10.1 Å². The van der Waals surface area contributed by atoms with Crippen LogP contribution in [0.3, 0.4) is 0 Å². The van der Waals surface area contributed by atoms with Gasteiger partial charge in [-0.2, -0.15) is 0 Å². The van der Waals surface area contributed by atoms with E-state index in [2.05, 4.69) is 10.2 Å². The second kappa shape index (κ2) is 6.53. The van der Waals surface area contributed by atoms with Crippen molar-refractivity contribution in [1.29, 1.82) is 0 Å². The fourth-order valence-electron chi connectivity index (χ4n) is 1.46. The Balaban J connectivity index is 2.09. The maximum atomic E-state index is 12.1. The van der Waals surface area contributed by atoms with Crippen molar-refractivity contribution in [2.24, 2.45) is 0 Å². The van der Waals surface area contributed by atoms with Gasteiger partial charge in [0.05, 0.1) is 25.5 Å². The lowest BCUT2D eigenvalue weighted by atomic mass is 10.1. The normalized spacial score (nSPS) is 10.2. The summed E-state index contributed by atoms with van der Waals surface area (Å²) in [5, 5.41) is 7.60. The van der Waals surface area contributed by atoms with E-state index in [0.29, 0.717) is 22.8 Å². The minimum atomic E-state index is -0.0142. The molecule has 0 atom stereocenters. The van der Waals surface area contributed by atoms with Crippen LogP contribution in [0.1, 0.15) is 10.4 Å². The molecule has 19 heavy (non-hydrogen) atoms. The maximum Gasteiger partial charge on any atom is 0.176 e. The largest absolute Gasteiger partial charge is 0.497 e. The highest BCUT2D eigenvalue weighted by molar-refractivity contribution is 8.01. The average molecular weight is 296 g/mol. The van der Waals surface area contributed by atoms with Crippen molar-refractivity contribution in [1.82, 2.24) is 10.2 Å². The van der Waals surface area contributed by atoms with E-state index >= 15 is 0 Å². The standard InChI is InChI=1S/C12H12N2O3S2/c1-16-8-3-4-9(11(5-8)17-2)10(15)6-18-12-14-13-7-19-12/h3-5,7H,6H2,1-2H3. The molecule has 0 saturated carbocycles. The molecule has 5 nitrogen and oxygen atoms in total. The summed E-state index contributed by atoms with van der Waals surface area (Å²) in [6.45, 7) is 0. The topological polar surface area (TPSA) is 61.3 Å². The number of methoxy groups -OCH3 is 2. The molecule has 0 spiro atoms. The van der Waals surface area contributed by atoms with Crippen molar-refractivity contribution in [2.45, 2.75) is 4.34 Å². The Morgan fingerprint density at radius 1 is 1.37 bits per heavy atom. The van der Waals surface area contributed by atoms with Crippen LogP contribution in [0.2, 0.25) is 0 Å². The Hall–Kier alpha value is -1.60. The molecule has 0 saturated heterocycles. The van der Waals surface area contributed by atoms with Crippen molar-refractivity contribution < 1.29 is 14.3 Å². The third-order valence-electron chi connectivity index (χ3n) is 2.38. The van der Waals surface area contributed by atoms with Gasteiger partial charge in [0.1, 0.15) is 17.0 Å². The van der Waals surface area contributed by atoms with E-state index in [4.69, 9.17) is 9.47 Å². The molecule has 0 bridgehead atoms. The molecule has 1 aromatic heterocycles. The zero-order valence-corrected chi connectivity index (χ0v) is 12.1. The van der Waals surface area contributed by atoms with Gasteiger partial charge in [0.2, 0.25) is 0 Å². The van der Waals surface area contributed by atoms with E-state index in [1.54, 1.807) is 30.8 Å². The zero-order valence-electron chi connectivity index (χ0n) is 10.5. The molecule has 0 aliphatic rings. The van der Waals surface area contributed by atoms with Crippen molar-refractivity contribution >= 4 is 28.9 Å². The van der Waals surface area contributed by atoms with Crippen molar-refractivity contribution in [2.75, 3.05) is 20.0 Å². The summed E-state index contributed by atoms with van der Waals surface area (Å²) in [5.41, 5.74) is 2.18. The predicted octanol–water partition coefficient (Wildman–Crippen LogP) is 2.53. The highest BCUT2D eigenvalue weighted by atomic mass is 32.2. The Morgan fingerprint density at radius 3 is 2.84 bits per heavy atom. The molecule has 0 N–H and O–H groups in total. The van der Waals surface area contributed by atoms with Gasteiger partial charge in [-0.15, -0.1) is 10.2 Å². The SMILES string of the molecule is COc1ccc(C(=O)CSc2nncs2)c(OC)c1. The van der Waals surface area contributed by atoms with Crippen LogP contribution in [-0.4, -0.2) is 36.0 Å². The summed E-state index contributed by atoms with van der Waals surface area (Å²) in [6, 6.07) is 5.15. The van der Waals surface area contributed by atoms with Gasteiger partial charge in [-0.05, 0) is 12.1 Å². The second-order valence-electron chi connectivity index (χ2n) is 3.48. The quantitative estimate of drug-likeness (QED) is 0.603. The summed E-state index contributed by atoms with van der Waals surface area (Å²) in [4.78, 5) is 12.1. The molecular weight excluding hydrogens is 284 g/mol. The molecule has 1 aromatic carbocycles. The highest BCUT2D eigenvalue weighted by Gasteiger charge is 2.14. The summed E-state index contributed by atoms with van der Waals surface area (Å²) in [7, 11) is 3.10. The molecule has 0 radical (unpaired) electrons. The molecule has 1 heterocycles. The lowest BCUT2D eigenvalue weighted by Gasteiger charge is -2.08. The number of thioether (sulfide) groups is 1. The van der Waals surface area contributed by atoms with E-state index < -0.39 is 0 Å². The van der Waals surface area contributed by atoms with Crippen LogP contribution in [0, 0.1) is 0 Å². The lowest BCUT2D eigenvalue weighted by molar-refractivity contribution is 0.101. The Labute approximate surface area is 119 Å². The van der Waals surface area contributed by atoms with Crippen LogP contribution < -0.4 is 9.47 Å². The predicted molar refractivity (Wildman–Crippen MR) is 74.5 cm³/mol. The van der Waals surface area contributed by atoms with Gasteiger partial charge in [-0.25, -0.2) is 0 Å². The van der Waals surface area contributed by atoms with Crippen LogP contribution >= 0.6 is 23.1 Å². The molecule has 0 unspecified atom stereocenters. The number of carbonyl (C=O) groups excluding carboxylic acids is 1. The van der Waals surface area contributed by atoms with Crippen molar-refractivity contribution in [3.63, 3.8) is 0 Å². The van der Waals surface area contributed by atoms with Gasteiger partial charge in [0, 0.05) is 6.07 Å². The molecule has 7 heteroatoms. The third-order valence-corrected chi connectivity index (χ3v) is 4.24. The average Bonchev–Trinajstić information content (AvgIpc) is 2.97. The number of ether oxygens (including phenoxy) is 2. The van der Waals surface area contributed by atoms with Crippen LogP contribution in [0.4, 0.5) is 0 Å². The van der Waals surface area contributed by atoms with Crippen LogP contribution in [0.15, 0.2) is 28.0 Å². The smallest absolute Gasteiger partial charge is 0.176 e. The highest BCUT2D eigenvalue weighted by Crippen LogP contribution is 2.27. The summed E-state index contributed by atoms with van der Waals surface area (Å²) in [5.74, 6) is 1.46. The first kappa shape index (κ1) is 13.8. The minimum Gasteiger partial charge on any atom is -0.497 e. The monoisotopic (exact) mass is 296 g/mol. The van der Waals surface area contributed by atoms with Gasteiger partial charge in [-0.1, -0.05) is 23.1 Å². The van der Waals surface area contributed by atoms with Crippen LogP contribution in [0.5, 0.6) is 11.5 Å². The number of hydrogen-bond donors (Lipinski definition) is 0. The minimum absolute atomic E-state index is 0.0142. The van der Waals surface area contributed by atoms with E-state index in [1.807, 2.05) is 0 Å². The van der Waals surface area contributed by atoms with Crippen molar-refractivity contribution in [3.05, 3.63) is 29.3 Å². The Bertz CT molecular complexity index is 558. The van der Waals surface area contributed by atoms with Gasteiger partial charge in [-0.3, -0.25) is 4.79 Å². The lowest BCUT2D eigenvalue weighted by Crippen LogP contribution is -2.05. The van der Waals surface area contributed by atoms with Crippen molar-refractivity contribution in [3.8, 4) is 11.5 Å². The number of rotatable bonds is 6. The molecule has 0 amide bonds. The second-order valence-corrected chi connectivity index (χ2v) is 5.54. The number of ketones is 1.